The third kappa shape index (κ3) is 3.35. The summed E-state index contributed by atoms with van der Waals surface area (Å²) in [5.41, 5.74) is 1.86. The fraction of sp³-hybridized carbons (Fsp3) is 0.350. The van der Waals surface area contributed by atoms with Crippen molar-refractivity contribution >= 4 is 5.91 Å². The van der Waals surface area contributed by atoms with Crippen LogP contribution in [0, 0.1) is 6.92 Å². The molecule has 0 aliphatic carbocycles. The van der Waals surface area contributed by atoms with Crippen molar-refractivity contribution in [2.45, 2.75) is 31.5 Å². The van der Waals surface area contributed by atoms with Crippen LogP contribution in [0.1, 0.15) is 35.6 Å². The quantitative estimate of drug-likeness (QED) is 0.889. The van der Waals surface area contributed by atoms with Gasteiger partial charge >= 0.3 is 0 Å². The SMILES string of the molecule is Cc1ccc([C@@H](O)CNC(=O)C2(c3ccccc3)CCCO2)cc1. The molecule has 1 unspecified atom stereocenters. The second-order valence-electron chi connectivity index (χ2n) is 6.28. The molecule has 2 aromatic carbocycles. The van der Waals surface area contributed by atoms with Crippen molar-refractivity contribution in [1.29, 1.82) is 0 Å². The van der Waals surface area contributed by atoms with Crippen LogP contribution < -0.4 is 5.32 Å². The average molecular weight is 325 g/mol. The summed E-state index contributed by atoms with van der Waals surface area (Å²) < 4.78 is 5.85. The summed E-state index contributed by atoms with van der Waals surface area (Å²) in [6.07, 6.45) is 0.774. The Bertz CT molecular complexity index is 676. The molecule has 0 radical (unpaired) electrons. The molecule has 2 aromatic rings. The predicted octanol–water partition coefficient (Wildman–Crippen LogP) is 2.85. The van der Waals surface area contributed by atoms with Gasteiger partial charge in [0.1, 0.15) is 0 Å². The smallest absolute Gasteiger partial charge is 0.257 e. The number of nitrogens with one attached hydrogen (secondary N) is 1. The van der Waals surface area contributed by atoms with Gasteiger partial charge in [-0.25, -0.2) is 0 Å². The monoisotopic (exact) mass is 325 g/mol. The molecule has 0 aromatic heterocycles. The second-order valence-corrected chi connectivity index (χ2v) is 6.28. The first kappa shape index (κ1) is 16.7. The number of hydrogen-bond donors (Lipinski definition) is 2. The zero-order valence-electron chi connectivity index (χ0n) is 13.9. The summed E-state index contributed by atoms with van der Waals surface area (Å²) in [7, 11) is 0. The molecule has 0 bridgehead atoms. The molecule has 3 rings (SSSR count). The number of benzene rings is 2. The van der Waals surface area contributed by atoms with E-state index in [9.17, 15) is 9.90 Å². The van der Waals surface area contributed by atoms with Crippen LogP contribution in [0.5, 0.6) is 0 Å². The van der Waals surface area contributed by atoms with Crippen LogP contribution in [-0.2, 0) is 15.1 Å². The molecule has 1 aliphatic heterocycles. The van der Waals surface area contributed by atoms with E-state index in [1.54, 1.807) is 0 Å². The Balaban J connectivity index is 1.69. The van der Waals surface area contributed by atoms with Gasteiger partial charge in [-0.1, -0.05) is 60.2 Å². The van der Waals surface area contributed by atoms with E-state index in [2.05, 4.69) is 5.32 Å². The Kier molecular flexibility index (Phi) is 4.97. The molecule has 4 nitrogen and oxygen atoms in total. The normalized spacial score (nSPS) is 21.4. The zero-order valence-corrected chi connectivity index (χ0v) is 13.9. The highest BCUT2D eigenvalue weighted by molar-refractivity contribution is 5.87. The maximum Gasteiger partial charge on any atom is 0.257 e. The first-order chi connectivity index (χ1) is 11.6. The summed E-state index contributed by atoms with van der Waals surface area (Å²) >= 11 is 0. The van der Waals surface area contributed by atoms with Crippen LogP contribution in [-0.4, -0.2) is 24.2 Å². The van der Waals surface area contributed by atoms with E-state index in [4.69, 9.17) is 4.74 Å². The maximum atomic E-state index is 12.8. The lowest BCUT2D eigenvalue weighted by atomic mass is 9.89. The molecule has 1 heterocycles. The van der Waals surface area contributed by atoms with Crippen LogP contribution >= 0.6 is 0 Å². The molecule has 1 saturated heterocycles. The Morgan fingerprint density at radius 1 is 1.21 bits per heavy atom. The van der Waals surface area contributed by atoms with E-state index in [0.717, 1.165) is 23.1 Å². The van der Waals surface area contributed by atoms with Crippen molar-refractivity contribution in [2.24, 2.45) is 0 Å². The van der Waals surface area contributed by atoms with Gasteiger partial charge in [-0.3, -0.25) is 4.79 Å². The van der Waals surface area contributed by atoms with Gasteiger partial charge in [-0.2, -0.15) is 0 Å². The van der Waals surface area contributed by atoms with E-state index in [1.165, 1.54) is 0 Å². The highest BCUT2D eigenvalue weighted by Crippen LogP contribution is 2.36. The molecule has 0 spiro atoms. The molecule has 1 amide bonds. The van der Waals surface area contributed by atoms with Crippen LogP contribution in [0.15, 0.2) is 54.6 Å². The summed E-state index contributed by atoms with van der Waals surface area (Å²) in [5, 5.41) is 13.2. The number of amides is 1. The Hall–Kier alpha value is -2.17. The van der Waals surface area contributed by atoms with Crippen molar-refractivity contribution in [3.8, 4) is 0 Å². The fourth-order valence-electron chi connectivity index (χ4n) is 3.12. The fourth-order valence-corrected chi connectivity index (χ4v) is 3.12. The van der Waals surface area contributed by atoms with Gasteiger partial charge in [0.25, 0.3) is 5.91 Å². The first-order valence-electron chi connectivity index (χ1n) is 8.34. The maximum absolute atomic E-state index is 12.8. The highest BCUT2D eigenvalue weighted by atomic mass is 16.5. The van der Waals surface area contributed by atoms with Crippen molar-refractivity contribution < 1.29 is 14.6 Å². The van der Waals surface area contributed by atoms with Gasteiger partial charge in [0.15, 0.2) is 5.60 Å². The minimum atomic E-state index is -0.936. The van der Waals surface area contributed by atoms with E-state index in [1.807, 2.05) is 61.5 Å². The number of hydrogen-bond acceptors (Lipinski definition) is 3. The van der Waals surface area contributed by atoms with Crippen molar-refractivity contribution in [3.63, 3.8) is 0 Å². The number of aryl methyl sites for hydroxylation is 1. The molecule has 126 valence electrons. The lowest BCUT2D eigenvalue weighted by Crippen LogP contribution is -2.45. The van der Waals surface area contributed by atoms with Crippen LogP contribution in [0.2, 0.25) is 0 Å². The Morgan fingerprint density at radius 2 is 1.92 bits per heavy atom. The topological polar surface area (TPSA) is 58.6 Å². The van der Waals surface area contributed by atoms with Crippen LogP contribution in [0.3, 0.4) is 0 Å². The molecule has 4 heteroatoms. The lowest BCUT2D eigenvalue weighted by molar-refractivity contribution is -0.143. The first-order valence-corrected chi connectivity index (χ1v) is 8.34. The third-order valence-corrected chi connectivity index (χ3v) is 4.55. The van der Waals surface area contributed by atoms with Gasteiger partial charge in [0.2, 0.25) is 0 Å². The molecule has 24 heavy (non-hydrogen) atoms. The molecule has 2 atom stereocenters. The number of rotatable bonds is 5. The molecule has 1 aliphatic rings. The van der Waals surface area contributed by atoms with Crippen molar-refractivity contribution in [2.75, 3.05) is 13.2 Å². The van der Waals surface area contributed by atoms with Crippen LogP contribution in [0.25, 0.3) is 0 Å². The van der Waals surface area contributed by atoms with Gasteiger partial charge in [-0.15, -0.1) is 0 Å². The van der Waals surface area contributed by atoms with E-state index in [-0.39, 0.29) is 12.5 Å². The standard InChI is InChI=1S/C20H23NO3/c1-15-8-10-16(11-9-15)18(22)14-21-19(23)20(12-5-13-24-20)17-6-3-2-4-7-17/h2-4,6-11,18,22H,5,12-14H2,1H3,(H,21,23)/t18-,20?/m0/s1. The average Bonchev–Trinajstić information content (AvgIpc) is 3.12. The largest absolute Gasteiger partial charge is 0.387 e. The van der Waals surface area contributed by atoms with Crippen molar-refractivity contribution in [1.82, 2.24) is 5.32 Å². The summed E-state index contributed by atoms with van der Waals surface area (Å²) in [4.78, 5) is 12.8. The molecule has 2 N–H and O–H groups in total. The highest BCUT2D eigenvalue weighted by Gasteiger charge is 2.44. The number of carbonyl (C=O) groups excluding carboxylic acids is 1. The molecule has 1 fully saturated rings. The number of aliphatic hydroxyl groups is 1. The molecule has 0 saturated carbocycles. The zero-order chi connectivity index (χ0) is 17.0. The lowest BCUT2D eigenvalue weighted by Gasteiger charge is -2.28. The molecular weight excluding hydrogens is 302 g/mol. The Labute approximate surface area is 142 Å². The molecular formula is C20H23NO3. The van der Waals surface area contributed by atoms with E-state index in [0.29, 0.717) is 13.0 Å². The Morgan fingerprint density at radius 3 is 2.54 bits per heavy atom. The summed E-state index contributed by atoms with van der Waals surface area (Å²) in [6, 6.07) is 17.2. The number of aliphatic hydroxyl groups excluding tert-OH is 1. The van der Waals surface area contributed by atoms with Gasteiger partial charge in [-0.05, 0) is 30.9 Å². The second kappa shape index (κ2) is 7.16. The summed E-state index contributed by atoms with van der Waals surface area (Å²) in [5.74, 6) is -0.183. The van der Waals surface area contributed by atoms with Gasteiger partial charge < -0.3 is 15.2 Å². The van der Waals surface area contributed by atoms with Crippen molar-refractivity contribution in [3.05, 3.63) is 71.3 Å². The number of ether oxygens (including phenoxy) is 1. The van der Waals surface area contributed by atoms with E-state index < -0.39 is 11.7 Å². The predicted molar refractivity (Wildman–Crippen MR) is 92.5 cm³/mol. The summed E-state index contributed by atoms with van der Waals surface area (Å²) in [6.45, 7) is 2.74. The third-order valence-electron chi connectivity index (χ3n) is 4.55. The minimum Gasteiger partial charge on any atom is -0.387 e. The van der Waals surface area contributed by atoms with Gasteiger partial charge in [0.05, 0.1) is 6.10 Å². The number of carbonyl (C=O) groups is 1. The van der Waals surface area contributed by atoms with E-state index >= 15 is 0 Å². The van der Waals surface area contributed by atoms with Gasteiger partial charge in [0, 0.05) is 13.2 Å². The minimum absolute atomic E-state index is 0.167. The van der Waals surface area contributed by atoms with Crippen LogP contribution in [0.4, 0.5) is 0 Å².